The highest BCUT2D eigenvalue weighted by Gasteiger charge is 2.10. The fourth-order valence-electron chi connectivity index (χ4n) is 1.34. The average Bonchev–Trinajstić information content (AvgIpc) is 2.17. The van der Waals surface area contributed by atoms with Gasteiger partial charge in [0.25, 0.3) is 0 Å². The van der Waals surface area contributed by atoms with Gasteiger partial charge in [0.2, 0.25) is 6.19 Å². The Bertz CT molecular complexity index is 287. The Morgan fingerprint density at radius 3 is 3.00 bits per heavy atom. The van der Waals surface area contributed by atoms with Crippen LogP contribution in [0.1, 0.15) is 13.8 Å². The van der Waals surface area contributed by atoms with Gasteiger partial charge < -0.3 is 0 Å². The average molecular weight is 192 g/mol. The summed E-state index contributed by atoms with van der Waals surface area (Å²) in [5, 5.41) is 12.2. The van der Waals surface area contributed by atoms with E-state index in [-0.39, 0.29) is 0 Å². The largest absolute Gasteiger partial charge is 0.228 e. The van der Waals surface area contributed by atoms with E-state index in [9.17, 15) is 0 Å². The van der Waals surface area contributed by atoms with Crippen LogP contribution in [-0.4, -0.2) is 23.6 Å². The lowest BCUT2D eigenvalue weighted by atomic mass is 10.1. The monoisotopic (exact) mass is 192 g/mol. The Kier molecular flexibility index (Phi) is 3.69. The number of nitrogens with one attached hydrogen (secondary N) is 1. The van der Waals surface area contributed by atoms with E-state index >= 15 is 0 Å². The predicted molar refractivity (Wildman–Crippen MR) is 55.3 cm³/mol. The molecule has 0 aromatic carbocycles. The quantitative estimate of drug-likeness (QED) is 0.586. The van der Waals surface area contributed by atoms with Crippen LogP contribution in [0.5, 0.6) is 0 Å². The van der Waals surface area contributed by atoms with Crippen LogP contribution in [0.15, 0.2) is 23.9 Å². The minimum absolute atomic E-state index is 0.468. The van der Waals surface area contributed by atoms with Gasteiger partial charge in [-0.1, -0.05) is 19.1 Å². The van der Waals surface area contributed by atoms with E-state index < -0.39 is 0 Å². The molecule has 0 aromatic heterocycles. The molecule has 0 aromatic rings. The molecule has 1 heterocycles. The van der Waals surface area contributed by atoms with Crippen molar-refractivity contribution in [2.75, 3.05) is 13.6 Å². The second-order valence-corrected chi connectivity index (χ2v) is 3.59. The smallest absolute Gasteiger partial charge is 0.201 e. The van der Waals surface area contributed by atoms with E-state index in [2.05, 4.69) is 24.7 Å². The normalized spacial score (nSPS) is 30.6. The van der Waals surface area contributed by atoms with Crippen LogP contribution >= 0.6 is 0 Å². The van der Waals surface area contributed by atoms with Crippen LogP contribution < -0.4 is 5.53 Å². The summed E-state index contributed by atoms with van der Waals surface area (Å²) in [4.78, 5) is 0. The SMILES string of the molecule is C/C1=C\C=C/[C@@H](C)CN(C)NN1C#N. The number of rotatable bonds is 0. The molecule has 1 rings (SSSR count). The third-order valence-electron chi connectivity index (χ3n) is 2.06. The van der Waals surface area contributed by atoms with Gasteiger partial charge in [-0.3, -0.25) is 0 Å². The van der Waals surface area contributed by atoms with E-state index in [0.717, 1.165) is 12.2 Å². The highest BCUT2D eigenvalue weighted by atomic mass is 15.7. The lowest BCUT2D eigenvalue weighted by molar-refractivity contribution is 0.107. The summed E-state index contributed by atoms with van der Waals surface area (Å²) in [6.45, 7) is 4.90. The molecule has 4 heteroatoms. The van der Waals surface area contributed by atoms with Crippen LogP contribution in [0.3, 0.4) is 0 Å². The van der Waals surface area contributed by atoms with Gasteiger partial charge in [0.1, 0.15) is 0 Å². The first-order valence-corrected chi connectivity index (χ1v) is 4.66. The first kappa shape index (κ1) is 10.8. The maximum atomic E-state index is 8.88. The van der Waals surface area contributed by atoms with Crippen molar-refractivity contribution in [3.05, 3.63) is 23.9 Å². The van der Waals surface area contributed by atoms with Crippen molar-refractivity contribution in [3.8, 4) is 6.19 Å². The Morgan fingerprint density at radius 2 is 2.36 bits per heavy atom. The number of hydrazine groups is 2. The van der Waals surface area contributed by atoms with Gasteiger partial charge in [0, 0.05) is 19.3 Å². The molecule has 0 fully saturated rings. The molecule has 0 unspecified atom stereocenters. The van der Waals surface area contributed by atoms with Crippen LogP contribution in [0.25, 0.3) is 0 Å². The van der Waals surface area contributed by atoms with E-state index in [1.807, 2.05) is 31.1 Å². The van der Waals surface area contributed by atoms with Gasteiger partial charge >= 0.3 is 0 Å². The van der Waals surface area contributed by atoms with Crippen molar-refractivity contribution in [3.63, 3.8) is 0 Å². The first-order chi connectivity index (χ1) is 6.63. The number of nitrogens with zero attached hydrogens (tertiary/aromatic N) is 3. The van der Waals surface area contributed by atoms with E-state index in [4.69, 9.17) is 5.26 Å². The number of nitriles is 1. The van der Waals surface area contributed by atoms with E-state index in [1.165, 1.54) is 5.01 Å². The lowest BCUT2D eigenvalue weighted by Crippen LogP contribution is -2.45. The highest BCUT2D eigenvalue weighted by Crippen LogP contribution is 2.06. The summed E-state index contributed by atoms with van der Waals surface area (Å²) in [5.74, 6) is 0.468. The Morgan fingerprint density at radius 1 is 1.64 bits per heavy atom. The molecule has 0 amide bonds. The van der Waals surface area contributed by atoms with Crippen molar-refractivity contribution in [2.24, 2.45) is 5.92 Å². The zero-order chi connectivity index (χ0) is 10.6. The topological polar surface area (TPSA) is 42.3 Å². The fourth-order valence-corrected chi connectivity index (χ4v) is 1.34. The summed E-state index contributed by atoms with van der Waals surface area (Å²) in [7, 11) is 1.92. The standard InChI is InChI=1S/C10H16N4/c1-9-5-4-6-10(2)14(8-11)12-13(3)7-9/h4-6,9,12H,7H2,1-3H3/b5-4-,10-6+/t9-/m1/s1. The third-order valence-corrected chi connectivity index (χ3v) is 2.06. The zero-order valence-corrected chi connectivity index (χ0v) is 8.86. The van der Waals surface area contributed by atoms with Crippen molar-refractivity contribution < 1.29 is 0 Å². The van der Waals surface area contributed by atoms with E-state index in [1.54, 1.807) is 0 Å². The Balaban J connectivity index is 2.82. The fraction of sp³-hybridized carbons (Fsp3) is 0.500. The van der Waals surface area contributed by atoms with Crippen molar-refractivity contribution >= 4 is 0 Å². The molecular formula is C10H16N4. The molecule has 1 aliphatic heterocycles. The Labute approximate surface area is 85.0 Å². The van der Waals surface area contributed by atoms with Crippen molar-refractivity contribution in [1.82, 2.24) is 15.6 Å². The van der Waals surface area contributed by atoms with Crippen LogP contribution in [0, 0.1) is 17.4 Å². The van der Waals surface area contributed by atoms with Gasteiger partial charge in [0.15, 0.2) is 0 Å². The van der Waals surface area contributed by atoms with Gasteiger partial charge in [0.05, 0.1) is 0 Å². The minimum Gasteiger partial charge on any atom is -0.228 e. The lowest BCUT2D eigenvalue weighted by Gasteiger charge is -2.25. The molecule has 14 heavy (non-hydrogen) atoms. The van der Waals surface area contributed by atoms with Gasteiger partial charge in [-0.15, -0.1) is 0 Å². The molecule has 0 spiro atoms. The zero-order valence-electron chi connectivity index (χ0n) is 8.86. The van der Waals surface area contributed by atoms with Crippen LogP contribution in [0.4, 0.5) is 0 Å². The summed E-state index contributed by atoms with van der Waals surface area (Å²) >= 11 is 0. The molecule has 1 atom stereocenters. The van der Waals surface area contributed by atoms with Crippen molar-refractivity contribution in [2.45, 2.75) is 13.8 Å². The molecule has 0 bridgehead atoms. The second-order valence-electron chi connectivity index (χ2n) is 3.59. The van der Waals surface area contributed by atoms with Gasteiger partial charge in [-0.05, 0) is 18.9 Å². The molecule has 4 nitrogen and oxygen atoms in total. The van der Waals surface area contributed by atoms with Gasteiger partial charge in [-0.2, -0.15) is 10.8 Å². The number of hydrogen-bond acceptors (Lipinski definition) is 4. The summed E-state index contributed by atoms with van der Waals surface area (Å²) in [5.41, 5.74) is 3.87. The number of allylic oxidation sites excluding steroid dienone is 3. The van der Waals surface area contributed by atoms with Crippen molar-refractivity contribution in [1.29, 1.82) is 5.26 Å². The van der Waals surface area contributed by atoms with Crippen LogP contribution in [0.2, 0.25) is 0 Å². The van der Waals surface area contributed by atoms with E-state index in [0.29, 0.717) is 5.92 Å². The molecule has 0 aliphatic carbocycles. The second kappa shape index (κ2) is 4.80. The summed E-state index contributed by atoms with van der Waals surface area (Å²) < 4.78 is 0. The first-order valence-electron chi connectivity index (χ1n) is 4.66. The third kappa shape index (κ3) is 2.87. The molecule has 76 valence electrons. The maximum absolute atomic E-state index is 8.88. The Hall–Kier alpha value is -1.31. The molecule has 0 saturated heterocycles. The minimum atomic E-state index is 0.468. The highest BCUT2D eigenvalue weighted by molar-refractivity contribution is 5.12. The number of hydrogen-bond donors (Lipinski definition) is 1. The summed E-state index contributed by atoms with van der Waals surface area (Å²) in [6.07, 6.45) is 8.11. The molecule has 0 radical (unpaired) electrons. The summed E-state index contributed by atoms with van der Waals surface area (Å²) in [6, 6.07) is 0. The molecule has 1 N–H and O–H groups in total. The van der Waals surface area contributed by atoms with Crippen LogP contribution in [-0.2, 0) is 0 Å². The predicted octanol–water partition coefficient (Wildman–Crippen LogP) is 1.23. The molecule has 1 aliphatic rings. The molecular weight excluding hydrogens is 176 g/mol. The molecule has 0 saturated carbocycles. The van der Waals surface area contributed by atoms with Gasteiger partial charge in [-0.25, -0.2) is 10.0 Å². The maximum Gasteiger partial charge on any atom is 0.201 e.